The number of hydrogen-bond acceptors (Lipinski definition) is 3. The SMILES string of the molecule is O=C(c1cccc(F)c1)N(Cc1ccc(F)cc1F)CC1CC(c2ccc(Cl)c(Cl)c2)=NO1. The van der Waals surface area contributed by atoms with E-state index in [0.29, 0.717) is 22.2 Å². The summed E-state index contributed by atoms with van der Waals surface area (Å²) in [5, 5.41) is 4.86. The van der Waals surface area contributed by atoms with Crippen LogP contribution in [0.1, 0.15) is 27.9 Å². The monoisotopic (exact) mass is 492 g/mol. The molecular formula is C24H17Cl2F3N2O2. The van der Waals surface area contributed by atoms with E-state index in [1.165, 1.54) is 29.2 Å². The van der Waals surface area contributed by atoms with Crippen molar-refractivity contribution in [2.24, 2.45) is 5.16 Å². The van der Waals surface area contributed by atoms with Gasteiger partial charge in [0.25, 0.3) is 5.91 Å². The normalized spacial score (nSPS) is 15.2. The van der Waals surface area contributed by atoms with Gasteiger partial charge in [0, 0.05) is 35.7 Å². The maximum atomic E-state index is 14.3. The molecule has 0 spiro atoms. The van der Waals surface area contributed by atoms with Gasteiger partial charge >= 0.3 is 0 Å². The summed E-state index contributed by atoms with van der Waals surface area (Å²) in [6, 6.07) is 13.4. The van der Waals surface area contributed by atoms with E-state index in [4.69, 9.17) is 28.0 Å². The van der Waals surface area contributed by atoms with Gasteiger partial charge in [-0.15, -0.1) is 0 Å². The number of nitrogens with zero attached hydrogens (tertiary/aromatic N) is 2. The first-order valence-electron chi connectivity index (χ1n) is 9.97. The smallest absolute Gasteiger partial charge is 0.254 e. The molecule has 0 saturated heterocycles. The van der Waals surface area contributed by atoms with Crippen LogP contribution in [-0.4, -0.2) is 29.2 Å². The molecule has 170 valence electrons. The largest absolute Gasteiger partial charge is 0.390 e. The van der Waals surface area contributed by atoms with Gasteiger partial charge in [-0.05, 0) is 36.4 Å². The molecule has 9 heteroatoms. The highest BCUT2D eigenvalue weighted by atomic mass is 35.5. The van der Waals surface area contributed by atoms with Gasteiger partial charge < -0.3 is 9.74 Å². The van der Waals surface area contributed by atoms with Gasteiger partial charge in [-0.3, -0.25) is 4.79 Å². The molecule has 1 unspecified atom stereocenters. The van der Waals surface area contributed by atoms with Crippen molar-refractivity contribution in [1.29, 1.82) is 0 Å². The Balaban J connectivity index is 1.54. The zero-order valence-electron chi connectivity index (χ0n) is 17.1. The molecule has 1 aliphatic rings. The van der Waals surface area contributed by atoms with E-state index >= 15 is 0 Å². The molecule has 0 aromatic heterocycles. The summed E-state index contributed by atoms with van der Waals surface area (Å²) in [7, 11) is 0. The molecule has 0 bridgehead atoms. The lowest BCUT2D eigenvalue weighted by Crippen LogP contribution is -2.37. The fourth-order valence-electron chi connectivity index (χ4n) is 3.50. The first-order valence-corrected chi connectivity index (χ1v) is 10.7. The second-order valence-corrected chi connectivity index (χ2v) is 8.34. The molecule has 3 aromatic rings. The first kappa shape index (κ1) is 23.1. The lowest BCUT2D eigenvalue weighted by Gasteiger charge is -2.25. The minimum Gasteiger partial charge on any atom is -0.390 e. The number of hydrogen-bond donors (Lipinski definition) is 0. The Hall–Kier alpha value is -3.03. The topological polar surface area (TPSA) is 41.9 Å². The van der Waals surface area contributed by atoms with Crippen molar-refractivity contribution >= 4 is 34.8 Å². The quantitative estimate of drug-likeness (QED) is 0.408. The molecule has 0 saturated carbocycles. The van der Waals surface area contributed by atoms with Gasteiger partial charge in [-0.25, -0.2) is 13.2 Å². The molecular weight excluding hydrogens is 476 g/mol. The highest BCUT2D eigenvalue weighted by Gasteiger charge is 2.28. The molecule has 4 nitrogen and oxygen atoms in total. The lowest BCUT2D eigenvalue weighted by molar-refractivity contribution is 0.0402. The molecule has 1 aliphatic heterocycles. The Morgan fingerprint density at radius 1 is 1.00 bits per heavy atom. The van der Waals surface area contributed by atoms with Crippen molar-refractivity contribution in [3.8, 4) is 0 Å². The molecule has 1 atom stereocenters. The number of rotatable bonds is 6. The number of oxime groups is 1. The fraction of sp³-hybridized carbons (Fsp3) is 0.167. The van der Waals surface area contributed by atoms with E-state index in [-0.39, 0.29) is 24.2 Å². The van der Waals surface area contributed by atoms with E-state index in [1.54, 1.807) is 18.2 Å². The second kappa shape index (κ2) is 9.85. The van der Waals surface area contributed by atoms with Crippen molar-refractivity contribution in [3.05, 3.63) is 105 Å². The minimum atomic E-state index is -0.785. The van der Waals surface area contributed by atoms with Crippen molar-refractivity contribution < 1.29 is 22.8 Å². The predicted octanol–water partition coefficient (Wildman–Crippen LogP) is 6.25. The maximum absolute atomic E-state index is 14.3. The summed E-state index contributed by atoms with van der Waals surface area (Å²) in [5.41, 5.74) is 1.55. The second-order valence-electron chi connectivity index (χ2n) is 7.53. The van der Waals surface area contributed by atoms with E-state index in [1.807, 2.05) is 0 Å². The summed E-state index contributed by atoms with van der Waals surface area (Å²) in [6.45, 7) is -0.121. The van der Waals surface area contributed by atoms with Crippen LogP contribution in [0.15, 0.2) is 65.8 Å². The van der Waals surface area contributed by atoms with Gasteiger partial charge in [0.05, 0.1) is 22.3 Å². The Kier molecular flexibility index (Phi) is 6.91. The highest BCUT2D eigenvalue weighted by molar-refractivity contribution is 6.42. The molecule has 1 heterocycles. The zero-order valence-corrected chi connectivity index (χ0v) is 18.6. The van der Waals surface area contributed by atoms with Gasteiger partial charge in [0.1, 0.15) is 17.5 Å². The van der Waals surface area contributed by atoms with Gasteiger partial charge in [0.2, 0.25) is 0 Å². The van der Waals surface area contributed by atoms with Crippen LogP contribution in [0.3, 0.4) is 0 Å². The molecule has 0 fully saturated rings. The van der Waals surface area contributed by atoms with Crippen LogP contribution >= 0.6 is 23.2 Å². The number of carbonyl (C=O) groups is 1. The Morgan fingerprint density at radius 3 is 2.52 bits per heavy atom. The third-order valence-electron chi connectivity index (χ3n) is 5.14. The molecule has 33 heavy (non-hydrogen) atoms. The summed E-state index contributed by atoms with van der Waals surface area (Å²) in [4.78, 5) is 20.0. The van der Waals surface area contributed by atoms with Crippen LogP contribution in [0.5, 0.6) is 0 Å². The lowest BCUT2D eigenvalue weighted by atomic mass is 10.0. The van der Waals surface area contributed by atoms with Crippen LogP contribution in [0, 0.1) is 17.5 Å². The van der Waals surface area contributed by atoms with Crippen LogP contribution in [-0.2, 0) is 11.4 Å². The van der Waals surface area contributed by atoms with Crippen LogP contribution < -0.4 is 0 Å². The van der Waals surface area contributed by atoms with Gasteiger partial charge in [-0.1, -0.05) is 46.6 Å². The van der Waals surface area contributed by atoms with Gasteiger partial charge in [0.15, 0.2) is 6.10 Å². The van der Waals surface area contributed by atoms with E-state index in [0.717, 1.165) is 23.8 Å². The van der Waals surface area contributed by atoms with Crippen molar-refractivity contribution in [2.45, 2.75) is 19.1 Å². The zero-order chi connectivity index (χ0) is 23.5. The van der Waals surface area contributed by atoms with Crippen LogP contribution in [0.2, 0.25) is 10.0 Å². The van der Waals surface area contributed by atoms with Crippen molar-refractivity contribution in [2.75, 3.05) is 6.54 Å². The minimum absolute atomic E-state index is 0.0421. The molecule has 0 radical (unpaired) electrons. The summed E-state index contributed by atoms with van der Waals surface area (Å²) >= 11 is 12.0. The standard InChI is InChI=1S/C24H17Cl2F3N2O2/c25-20-7-5-14(9-21(20)26)23-11-19(33-30-23)13-31(12-16-4-6-18(28)10-22(16)29)24(32)15-2-1-3-17(27)8-15/h1-10,19H,11-13H2. The third kappa shape index (κ3) is 5.49. The van der Waals surface area contributed by atoms with E-state index in [2.05, 4.69) is 5.16 Å². The maximum Gasteiger partial charge on any atom is 0.254 e. The number of benzene rings is 3. The third-order valence-corrected chi connectivity index (χ3v) is 5.88. The van der Waals surface area contributed by atoms with E-state index < -0.39 is 29.5 Å². The Bertz CT molecular complexity index is 1240. The van der Waals surface area contributed by atoms with E-state index in [9.17, 15) is 18.0 Å². The average molecular weight is 493 g/mol. The van der Waals surface area contributed by atoms with Gasteiger partial charge in [-0.2, -0.15) is 0 Å². The van der Waals surface area contributed by atoms with Crippen molar-refractivity contribution in [1.82, 2.24) is 4.90 Å². The molecule has 1 amide bonds. The van der Waals surface area contributed by atoms with Crippen LogP contribution in [0.4, 0.5) is 13.2 Å². The molecule has 0 N–H and O–H groups in total. The summed E-state index contributed by atoms with van der Waals surface area (Å²) in [5.74, 6) is -2.61. The highest BCUT2D eigenvalue weighted by Crippen LogP contribution is 2.26. The molecule has 0 aliphatic carbocycles. The fourth-order valence-corrected chi connectivity index (χ4v) is 3.80. The molecule has 4 rings (SSSR count). The van der Waals surface area contributed by atoms with Crippen molar-refractivity contribution in [3.63, 3.8) is 0 Å². The van der Waals surface area contributed by atoms with Crippen LogP contribution in [0.25, 0.3) is 0 Å². The summed E-state index contributed by atoms with van der Waals surface area (Å²) < 4.78 is 41.3. The Morgan fingerprint density at radius 2 is 1.79 bits per heavy atom. The first-order chi connectivity index (χ1) is 15.8. The average Bonchev–Trinajstić information content (AvgIpc) is 3.25. The summed E-state index contributed by atoms with van der Waals surface area (Å²) in [6.07, 6.45) is -0.174. The number of halogens is 5. The number of amides is 1. The molecule has 3 aromatic carbocycles. The predicted molar refractivity (Wildman–Crippen MR) is 120 cm³/mol. The Labute approximate surface area is 198 Å². The number of carbonyl (C=O) groups excluding carboxylic acids is 1.